The summed E-state index contributed by atoms with van der Waals surface area (Å²) >= 11 is 0. The second-order valence-electron chi connectivity index (χ2n) is 5.30. The van der Waals surface area contributed by atoms with Crippen LogP contribution in [0.15, 0.2) is 12.1 Å². The van der Waals surface area contributed by atoms with Crippen molar-refractivity contribution >= 4 is 5.91 Å². The quantitative estimate of drug-likeness (QED) is 0.830. The molecule has 1 saturated heterocycles. The van der Waals surface area contributed by atoms with Crippen LogP contribution in [-0.4, -0.2) is 34.0 Å². The topological polar surface area (TPSA) is 79.5 Å². The fourth-order valence-corrected chi connectivity index (χ4v) is 2.32. The lowest BCUT2D eigenvalue weighted by Gasteiger charge is -2.21. The first-order valence-corrected chi connectivity index (χ1v) is 6.08. The second-order valence-corrected chi connectivity index (χ2v) is 5.30. The molecule has 1 aromatic rings. The molecule has 0 aliphatic carbocycles. The van der Waals surface area contributed by atoms with Crippen molar-refractivity contribution in [2.24, 2.45) is 11.1 Å². The molecular weight excluding hydrogens is 230 g/mol. The maximum atomic E-state index is 11.4. The molecule has 0 radical (unpaired) electrons. The molecule has 1 aromatic heterocycles. The molecule has 1 amide bonds. The third-order valence-electron chi connectivity index (χ3n) is 3.61. The summed E-state index contributed by atoms with van der Waals surface area (Å²) in [6, 6.07) is 3.43. The first-order valence-electron chi connectivity index (χ1n) is 6.08. The number of carbonyl (C=O) groups excluding carboxylic acids is 1. The summed E-state index contributed by atoms with van der Waals surface area (Å²) in [5, 5.41) is 9.75. The summed E-state index contributed by atoms with van der Waals surface area (Å²) in [5.74, 6) is -0.0558. The number of aryl methyl sites for hydroxylation is 1. The van der Waals surface area contributed by atoms with Gasteiger partial charge in [-0.15, -0.1) is 0 Å². The Balaban J connectivity index is 2.08. The van der Waals surface area contributed by atoms with E-state index in [0.29, 0.717) is 18.8 Å². The van der Waals surface area contributed by atoms with Crippen molar-refractivity contribution in [2.45, 2.75) is 26.8 Å². The Morgan fingerprint density at radius 1 is 1.61 bits per heavy atom. The average molecular weight is 249 g/mol. The Morgan fingerprint density at radius 2 is 2.33 bits per heavy atom. The smallest absolute Gasteiger partial charge is 0.224 e. The average Bonchev–Trinajstić information content (AvgIpc) is 2.67. The zero-order chi connectivity index (χ0) is 13.3. The van der Waals surface area contributed by atoms with Gasteiger partial charge in [-0.3, -0.25) is 14.7 Å². The summed E-state index contributed by atoms with van der Waals surface area (Å²) in [6.07, 6.45) is 0.759. The maximum Gasteiger partial charge on any atom is 0.224 e. The molecule has 0 bridgehead atoms. The molecule has 5 heteroatoms. The Morgan fingerprint density at radius 3 is 2.94 bits per heavy atom. The second kappa shape index (κ2) is 4.57. The fourth-order valence-electron chi connectivity index (χ4n) is 2.32. The molecule has 2 heterocycles. The molecule has 2 rings (SSSR count). The number of primary amides is 1. The SMILES string of the molecule is Cc1ccc(O)c(CN2CCC(C)(C(N)=O)C2)n1. The molecule has 0 spiro atoms. The standard InChI is InChI=1S/C13H19N3O2/c1-9-3-4-11(17)10(15-9)7-16-6-5-13(2,8-16)12(14)18/h3-4,17H,5-8H2,1-2H3,(H2,14,18). The van der Waals surface area contributed by atoms with E-state index in [4.69, 9.17) is 5.73 Å². The van der Waals surface area contributed by atoms with E-state index in [9.17, 15) is 9.90 Å². The summed E-state index contributed by atoms with van der Waals surface area (Å²) in [5.41, 5.74) is 6.48. The van der Waals surface area contributed by atoms with Crippen LogP contribution in [0.5, 0.6) is 5.75 Å². The van der Waals surface area contributed by atoms with Gasteiger partial charge in [0.1, 0.15) is 5.75 Å². The van der Waals surface area contributed by atoms with Gasteiger partial charge in [0, 0.05) is 18.8 Å². The maximum absolute atomic E-state index is 11.4. The van der Waals surface area contributed by atoms with Gasteiger partial charge in [-0.1, -0.05) is 0 Å². The Hall–Kier alpha value is -1.62. The van der Waals surface area contributed by atoms with E-state index in [1.807, 2.05) is 13.8 Å². The Kier molecular flexibility index (Phi) is 3.26. The van der Waals surface area contributed by atoms with Gasteiger partial charge < -0.3 is 10.8 Å². The highest BCUT2D eigenvalue weighted by atomic mass is 16.3. The van der Waals surface area contributed by atoms with Crippen molar-refractivity contribution < 1.29 is 9.90 Å². The first kappa shape index (κ1) is 12.8. The Labute approximate surface area is 107 Å². The molecule has 1 aliphatic rings. The fraction of sp³-hybridized carbons (Fsp3) is 0.538. The van der Waals surface area contributed by atoms with E-state index in [0.717, 1.165) is 18.7 Å². The van der Waals surface area contributed by atoms with Crippen molar-refractivity contribution in [3.05, 3.63) is 23.5 Å². The van der Waals surface area contributed by atoms with E-state index >= 15 is 0 Å². The van der Waals surface area contributed by atoms with Crippen molar-refractivity contribution in [2.75, 3.05) is 13.1 Å². The van der Waals surface area contributed by atoms with Crippen LogP contribution in [0.25, 0.3) is 0 Å². The van der Waals surface area contributed by atoms with Crippen LogP contribution < -0.4 is 5.73 Å². The number of nitrogens with zero attached hydrogens (tertiary/aromatic N) is 2. The van der Waals surface area contributed by atoms with E-state index in [1.54, 1.807) is 12.1 Å². The van der Waals surface area contributed by atoms with Gasteiger partial charge in [-0.2, -0.15) is 0 Å². The number of pyridine rings is 1. The van der Waals surface area contributed by atoms with Crippen LogP contribution in [-0.2, 0) is 11.3 Å². The van der Waals surface area contributed by atoms with Crippen molar-refractivity contribution in [3.8, 4) is 5.75 Å². The number of likely N-dealkylation sites (tertiary alicyclic amines) is 1. The zero-order valence-corrected chi connectivity index (χ0v) is 10.8. The number of hydrogen-bond acceptors (Lipinski definition) is 4. The van der Waals surface area contributed by atoms with Gasteiger partial charge in [-0.05, 0) is 38.9 Å². The van der Waals surface area contributed by atoms with Crippen molar-refractivity contribution in [1.82, 2.24) is 9.88 Å². The molecule has 1 atom stereocenters. The molecule has 18 heavy (non-hydrogen) atoms. The van der Waals surface area contributed by atoms with E-state index < -0.39 is 5.41 Å². The van der Waals surface area contributed by atoms with Crippen LogP contribution in [0.4, 0.5) is 0 Å². The minimum atomic E-state index is -0.459. The van der Waals surface area contributed by atoms with Gasteiger partial charge in [-0.25, -0.2) is 0 Å². The van der Waals surface area contributed by atoms with E-state index in [1.165, 1.54) is 0 Å². The van der Waals surface area contributed by atoms with Crippen LogP contribution in [0, 0.1) is 12.3 Å². The zero-order valence-electron chi connectivity index (χ0n) is 10.8. The molecule has 98 valence electrons. The summed E-state index contributed by atoms with van der Waals surface area (Å²) in [4.78, 5) is 17.8. The van der Waals surface area contributed by atoms with Gasteiger partial charge in [0.15, 0.2) is 0 Å². The highest BCUT2D eigenvalue weighted by Crippen LogP contribution is 2.31. The lowest BCUT2D eigenvalue weighted by atomic mass is 9.89. The number of amides is 1. The lowest BCUT2D eigenvalue weighted by molar-refractivity contribution is -0.126. The highest BCUT2D eigenvalue weighted by Gasteiger charge is 2.38. The molecule has 1 unspecified atom stereocenters. The molecule has 3 N–H and O–H groups in total. The van der Waals surface area contributed by atoms with Gasteiger partial charge in [0.2, 0.25) is 5.91 Å². The van der Waals surface area contributed by atoms with E-state index in [-0.39, 0.29) is 11.7 Å². The monoisotopic (exact) mass is 249 g/mol. The third-order valence-corrected chi connectivity index (χ3v) is 3.61. The van der Waals surface area contributed by atoms with Crippen molar-refractivity contribution in [3.63, 3.8) is 0 Å². The molecule has 5 nitrogen and oxygen atoms in total. The van der Waals surface area contributed by atoms with Crippen LogP contribution in [0.1, 0.15) is 24.7 Å². The summed E-state index contributed by atoms with van der Waals surface area (Å²) < 4.78 is 0. The number of hydrogen-bond donors (Lipinski definition) is 2. The van der Waals surface area contributed by atoms with Gasteiger partial charge in [0.05, 0.1) is 11.1 Å². The predicted octanol–water partition coefficient (Wildman–Crippen LogP) is 0.793. The summed E-state index contributed by atoms with van der Waals surface area (Å²) in [7, 11) is 0. The molecule has 0 aromatic carbocycles. The van der Waals surface area contributed by atoms with Crippen LogP contribution in [0.2, 0.25) is 0 Å². The number of rotatable bonds is 3. The van der Waals surface area contributed by atoms with Crippen LogP contribution in [0.3, 0.4) is 0 Å². The van der Waals surface area contributed by atoms with Crippen LogP contribution >= 0.6 is 0 Å². The normalized spacial score (nSPS) is 24.3. The highest BCUT2D eigenvalue weighted by molar-refractivity contribution is 5.81. The molecular formula is C13H19N3O2. The Bertz CT molecular complexity index is 475. The largest absolute Gasteiger partial charge is 0.506 e. The first-order chi connectivity index (χ1) is 8.40. The van der Waals surface area contributed by atoms with Crippen molar-refractivity contribution in [1.29, 1.82) is 0 Å². The minimum Gasteiger partial charge on any atom is -0.506 e. The minimum absolute atomic E-state index is 0.202. The number of aromatic nitrogens is 1. The molecule has 1 fully saturated rings. The number of carbonyl (C=O) groups is 1. The number of aromatic hydroxyl groups is 1. The third kappa shape index (κ3) is 2.46. The summed E-state index contributed by atoms with van der Waals surface area (Å²) in [6.45, 7) is 5.75. The van der Waals surface area contributed by atoms with Gasteiger partial charge in [0.25, 0.3) is 0 Å². The van der Waals surface area contributed by atoms with Gasteiger partial charge >= 0.3 is 0 Å². The van der Waals surface area contributed by atoms with E-state index in [2.05, 4.69) is 9.88 Å². The molecule has 0 saturated carbocycles. The lowest BCUT2D eigenvalue weighted by Crippen LogP contribution is -2.37. The number of nitrogens with two attached hydrogens (primary N) is 1. The predicted molar refractivity (Wildman–Crippen MR) is 67.8 cm³/mol. The molecule has 1 aliphatic heterocycles.